The summed E-state index contributed by atoms with van der Waals surface area (Å²) in [6.45, 7) is 2.35. The molecule has 2 aromatic rings. The van der Waals surface area contributed by atoms with Crippen LogP contribution in [0.5, 0.6) is 17.2 Å². The molecule has 31 heavy (non-hydrogen) atoms. The van der Waals surface area contributed by atoms with Gasteiger partial charge in [-0.2, -0.15) is 0 Å². The van der Waals surface area contributed by atoms with E-state index in [0.717, 1.165) is 0 Å². The number of hydrogen-bond acceptors (Lipinski definition) is 6. The van der Waals surface area contributed by atoms with Gasteiger partial charge in [-0.15, -0.1) is 0 Å². The van der Waals surface area contributed by atoms with Crippen molar-refractivity contribution in [2.45, 2.75) is 25.8 Å². The lowest BCUT2D eigenvalue weighted by Crippen LogP contribution is -2.46. The van der Waals surface area contributed by atoms with E-state index in [2.05, 4.69) is 5.32 Å². The summed E-state index contributed by atoms with van der Waals surface area (Å²) in [5.41, 5.74) is 0.918. The Morgan fingerprint density at radius 1 is 0.903 bits per heavy atom. The number of benzene rings is 2. The maximum Gasteiger partial charge on any atom is 0.308 e. The molecule has 8 heteroatoms. The summed E-state index contributed by atoms with van der Waals surface area (Å²) >= 11 is 0. The number of methoxy groups -OCH3 is 2. The van der Waals surface area contributed by atoms with Gasteiger partial charge in [-0.05, 0) is 43.2 Å². The molecule has 164 valence electrons. The van der Waals surface area contributed by atoms with Gasteiger partial charge in [-0.25, -0.2) is 0 Å². The first-order valence-electron chi connectivity index (χ1n) is 10.0. The number of nitrogens with one attached hydrogen (secondary N) is 1. The van der Waals surface area contributed by atoms with Gasteiger partial charge in [0.15, 0.2) is 0 Å². The number of rotatable bonds is 6. The maximum atomic E-state index is 12.8. The lowest BCUT2D eigenvalue weighted by molar-refractivity contribution is -0.131. The summed E-state index contributed by atoms with van der Waals surface area (Å²) < 4.78 is 15.5. The zero-order chi connectivity index (χ0) is 22.4. The molecule has 1 fully saturated rings. The lowest BCUT2D eigenvalue weighted by atomic mass is 10.0. The van der Waals surface area contributed by atoms with Crippen LogP contribution in [0.25, 0.3) is 0 Å². The monoisotopic (exact) mass is 426 g/mol. The van der Waals surface area contributed by atoms with E-state index < -0.39 is 5.97 Å². The van der Waals surface area contributed by atoms with Crippen molar-refractivity contribution in [3.8, 4) is 17.2 Å². The summed E-state index contributed by atoms with van der Waals surface area (Å²) in [5.74, 6) is 0.651. The molecule has 0 radical (unpaired) electrons. The van der Waals surface area contributed by atoms with Crippen LogP contribution in [0.2, 0.25) is 0 Å². The summed E-state index contributed by atoms with van der Waals surface area (Å²) in [7, 11) is 3.07. The number of hydrogen-bond donors (Lipinski definition) is 1. The van der Waals surface area contributed by atoms with Gasteiger partial charge in [0.05, 0.1) is 14.2 Å². The van der Waals surface area contributed by atoms with Crippen LogP contribution in [0.15, 0.2) is 42.5 Å². The minimum Gasteiger partial charge on any atom is -0.497 e. The summed E-state index contributed by atoms with van der Waals surface area (Å²) in [5, 5.41) is 3.02. The fourth-order valence-corrected chi connectivity index (χ4v) is 3.48. The zero-order valence-electron chi connectivity index (χ0n) is 17.8. The number of esters is 1. The molecule has 2 amide bonds. The fourth-order valence-electron chi connectivity index (χ4n) is 3.48. The molecule has 0 saturated carbocycles. The third-order valence-corrected chi connectivity index (χ3v) is 5.07. The number of amides is 2. The van der Waals surface area contributed by atoms with E-state index in [-0.39, 0.29) is 17.9 Å². The second-order valence-electron chi connectivity index (χ2n) is 7.26. The number of carbonyl (C=O) groups is 3. The van der Waals surface area contributed by atoms with Crippen LogP contribution in [0, 0.1) is 0 Å². The lowest BCUT2D eigenvalue weighted by Gasteiger charge is -2.32. The predicted molar refractivity (Wildman–Crippen MR) is 114 cm³/mol. The molecule has 0 unspecified atom stereocenters. The standard InChI is InChI=1S/C23H26N2O6/c1-15(26)31-19-6-4-5-16(11-19)23(28)25-9-7-18(8-10-25)24-22(27)17-12-20(29-2)14-21(13-17)30-3/h4-6,11-14,18H,7-10H2,1-3H3,(H,24,27). The maximum absolute atomic E-state index is 12.8. The van der Waals surface area contributed by atoms with Gasteiger partial charge in [0.25, 0.3) is 11.8 Å². The molecule has 1 aliphatic rings. The quantitative estimate of drug-likeness (QED) is 0.564. The van der Waals surface area contributed by atoms with Crippen LogP contribution < -0.4 is 19.5 Å². The molecule has 0 atom stereocenters. The van der Waals surface area contributed by atoms with Crippen molar-refractivity contribution in [3.05, 3.63) is 53.6 Å². The predicted octanol–water partition coefficient (Wildman–Crippen LogP) is 2.66. The van der Waals surface area contributed by atoms with Gasteiger partial charge in [0.1, 0.15) is 17.2 Å². The third kappa shape index (κ3) is 5.75. The molecule has 1 heterocycles. The Kier molecular flexibility index (Phi) is 7.12. The molecular formula is C23H26N2O6. The van der Waals surface area contributed by atoms with Crippen LogP contribution in [0.1, 0.15) is 40.5 Å². The Morgan fingerprint density at radius 3 is 2.10 bits per heavy atom. The third-order valence-electron chi connectivity index (χ3n) is 5.07. The van der Waals surface area contributed by atoms with E-state index in [1.807, 2.05) is 0 Å². The Hall–Kier alpha value is -3.55. The van der Waals surface area contributed by atoms with Crippen LogP contribution in [0.4, 0.5) is 0 Å². The van der Waals surface area contributed by atoms with E-state index in [0.29, 0.717) is 54.3 Å². The largest absolute Gasteiger partial charge is 0.497 e. The summed E-state index contributed by atoms with van der Waals surface area (Å²) in [4.78, 5) is 38.3. The fraction of sp³-hybridized carbons (Fsp3) is 0.348. The second kappa shape index (κ2) is 9.97. The molecule has 1 aliphatic heterocycles. The van der Waals surface area contributed by atoms with Crippen molar-refractivity contribution in [2.24, 2.45) is 0 Å². The van der Waals surface area contributed by atoms with Crippen LogP contribution >= 0.6 is 0 Å². The molecule has 0 aliphatic carbocycles. The number of likely N-dealkylation sites (tertiary alicyclic amines) is 1. The van der Waals surface area contributed by atoms with E-state index in [9.17, 15) is 14.4 Å². The highest BCUT2D eigenvalue weighted by molar-refractivity contribution is 5.96. The van der Waals surface area contributed by atoms with Crippen molar-refractivity contribution in [1.29, 1.82) is 0 Å². The molecular weight excluding hydrogens is 400 g/mol. The topological polar surface area (TPSA) is 94.2 Å². The molecule has 8 nitrogen and oxygen atoms in total. The summed E-state index contributed by atoms with van der Waals surface area (Å²) in [6, 6.07) is 11.6. The zero-order valence-corrected chi connectivity index (χ0v) is 17.8. The van der Waals surface area contributed by atoms with Gasteiger partial charge >= 0.3 is 5.97 Å². The van der Waals surface area contributed by atoms with Crippen LogP contribution in [0.3, 0.4) is 0 Å². The van der Waals surface area contributed by atoms with Crippen molar-refractivity contribution in [1.82, 2.24) is 10.2 Å². The Bertz CT molecular complexity index is 944. The molecule has 0 spiro atoms. The molecule has 2 aromatic carbocycles. The first-order valence-corrected chi connectivity index (χ1v) is 10.0. The van der Waals surface area contributed by atoms with E-state index >= 15 is 0 Å². The van der Waals surface area contributed by atoms with Gasteiger partial charge in [0.2, 0.25) is 0 Å². The second-order valence-corrected chi connectivity index (χ2v) is 7.26. The highest BCUT2D eigenvalue weighted by atomic mass is 16.5. The molecule has 3 rings (SSSR count). The highest BCUT2D eigenvalue weighted by Gasteiger charge is 2.25. The first kappa shape index (κ1) is 22.1. The van der Waals surface area contributed by atoms with E-state index in [4.69, 9.17) is 14.2 Å². The first-order chi connectivity index (χ1) is 14.9. The average Bonchev–Trinajstić information content (AvgIpc) is 2.78. The van der Waals surface area contributed by atoms with Crippen molar-refractivity contribution in [2.75, 3.05) is 27.3 Å². The SMILES string of the molecule is COc1cc(OC)cc(C(=O)NC2CCN(C(=O)c3cccc(OC(C)=O)c3)CC2)c1. The molecule has 1 N–H and O–H groups in total. The Labute approximate surface area is 181 Å². The van der Waals surface area contributed by atoms with E-state index in [1.165, 1.54) is 21.1 Å². The van der Waals surface area contributed by atoms with Crippen LogP contribution in [-0.2, 0) is 4.79 Å². The van der Waals surface area contributed by atoms with Crippen molar-refractivity contribution < 1.29 is 28.6 Å². The van der Waals surface area contributed by atoms with Gasteiger partial charge in [-0.3, -0.25) is 14.4 Å². The molecule has 1 saturated heterocycles. The number of piperidine rings is 1. The Morgan fingerprint density at radius 2 is 1.52 bits per heavy atom. The van der Waals surface area contributed by atoms with E-state index in [1.54, 1.807) is 47.4 Å². The molecule has 0 bridgehead atoms. The average molecular weight is 426 g/mol. The van der Waals surface area contributed by atoms with Crippen LogP contribution in [-0.4, -0.2) is 56.0 Å². The molecule has 0 aromatic heterocycles. The van der Waals surface area contributed by atoms with Crippen molar-refractivity contribution in [3.63, 3.8) is 0 Å². The smallest absolute Gasteiger partial charge is 0.308 e. The summed E-state index contributed by atoms with van der Waals surface area (Å²) in [6.07, 6.45) is 1.28. The minimum atomic E-state index is -0.435. The minimum absolute atomic E-state index is 0.0406. The number of nitrogens with zero attached hydrogens (tertiary/aromatic N) is 1. The van der Waals surface area contributed by atoms with Gasteiger partial charge in [-0.1, -0.05) is 6.07 Å². The Balaban J connectivity index is 1.58. The van der Waals surface area contributed by atoms with Crippen molar-refractivity contribution >= 4 is 17.8 Å². The van der Waals surface area contributed by atoms with Gasteiger partial charge in [0, 0.05) is 43.2 Å². The highest BCUT2D eigenvalue weighted by Crippen LogP contribution is 2.23. The number of ether oxygens (including phenoxy) is 3. The normalized spacial score (nSPS) is 14.0. The van der Waals surface area contributed by atoms with Gasteiger partial charge < -0.3 is 24.4 Å². The number of carbonyl (C=O) groups excluding carboxylic acids is 3.